The van der Waals surface area contributed by atoms with Crippen molar-refractivity contribution >= 4 is 0 Å². The fourth-order valence-corrected chi connectivity index (χ4v) is 1.03. The molecule has 0 aliphatic carbocycles. The molecule has 0 rings (SSSR count). The minimum atomic E-state index is 1.34. The van der Waals surface area contributed by atoms with Crippen molar-refractivity contribution < 1.29 is 0 Å². The van der Waals surface area contributed by atoms with Crippen LogP contribution in [0.5, 0.6) is 0 Å². The third-order valence-electron chi connectivity index (χ3n) is 1.91. The zero-order valence-electron chi connectivity index (χ0n) is 9.66. The molecule has 0 aliphatic rings. The van der Waals surface area contributed by atoms with E-state index < -0.39 is 0 Å². The van der Waals surface area contributed by atoms with E-state index in [1.807, 2.05) is 0 Å². The lowest BCUT2D eigenvalue weighted by atomic mass is 10.2. The van der Waals surface area contributed by atoms with Crippen LogP contribution in [-0.4, -0.2) is 0 Å². The van der Waals surface area contributed by atoms with Gasteiger partial charge in [-0.3, -0.25) is 0 Å². The maximum Gasteiger partial charge on any atom is -0.0533 e. The van der Waals surface area contributed by atoms with E-state index >= 15 is 0 Å². The Morgan fingerprint density at radius 3 is 0.917 bits per heavy atom. The summed E-state index contributed by atoms with van der Waals surface area (Å²) >= 11 is 0. The lowest BCUT2D eigenvalue weighted by molar-refractivity contribution is 0.656. The molecule has 0 aromatic carbocycles. The van der Waals surface area contributed by atoms with Crippen molar-refractivity contribution in [1.29, 1.82) is 0 Å². The fraction of sp³-hybridized carbons (Fsp3) is 1.00. The van der Waals surface area contributed by atoms with Crippen LogP contribution in [0.15, 0.2) is 0 Å². The first-order valence-electron chi connectivity index (χ1n) is 5.83. The Labute approximate surface area is 79.8 Å². The molecule has 0 unspecified atom stereocenters. The van der Waals surface area contributed by atoms with Gasteiger partial charge in [0.25, 0.3) is 0 Å². The highest BCUT2D eigenvalue weighted by molar-refractivity contribution is 4.35. The lowest BCUT2D eigenvalue weighted by Gasteiger charge is -1.90. The standard InChI is InChI=1S/C7H16.C5H12/c1-3-5-7-6-4-2;1-3-5-4-2/h3-7H2,1-2H3;3-5H2,1-2H3. The van der Waals surface area contributed by atoms with Crippen molar-refractivity contribution in [2.24, 2.45) is 0 Å². The van der Waals surface area contributed by atoms with Gasteiger partial charge in [0, 0.05) is 0 Å². The van der Waals surface area contributed by atoms with Crippen LogP contribution in [0.2, 0.25) is 0 Å². The van der Waals surface area contributed by atoms with Gasteiger partial charge in [-0.05, 0) is 0 Å². The highest BCUT2D eigenvalue weighted by atomic mass is 13.9. The van der Waals surface area contributed by atoms with Gasteiger partial charge in [-0.25, -0.2) is 0 Å². The van der Waals surface area contributed by atoms with Gasteiger partial charge in [-0.1, -0.05) is 79.1 Å². The quantitative estimate of drug-likeness (QED) is 0.485. The number of rotatable bonds is 6. The average Bonchev–Trinajstić information content (AvgIpc) is 2.08. The van der Waals surface area contributed by atoms with E-state index in [9.17, 15) is 0 Å². The molecular formula is C12H28. The molecule has 0 aromatic heterocycles. The molecule has 0 N–H and O–H groups in total. The Hall–Kier alpha value is 0. The molecule has 0 bridgehead atoms. The summed E-state index contributed by atoms with van der Waals surface area (Å²) in [6, 6.07) is 0. The smallest absolute Gasteiger partial charge is 0.0533 e. The highest BCUT2D eigenvalue weighted by Gasteiger charge is 1.80. The van der Waals surface area contributed by atoms with Crippen LogP contribution >= 0.6 is 0 Å². The summed E-state index contributed by atoms with van der Waals surface area (Å²) in [4.78, 5) is 0. The summed E-state index contributed by atoms with van der Waals surface area (Å²) in [6.07, 6.45) is 11.1. The van der Waals surface area contributed by atoms with Gasteiger partial charge in [0.2, 0.25) is 0 Å². The van der Waals surface area contributed by atoms with Crippen LogP contribution in [0.1, 0.15) is 79.1 Å². The van der Waals surface area contributed by atoms with Crippen molar-refractivity contribution in [3.63, 3.8) is 0 Å². The second-order valence-corrected chi connectivity index (χ2v) is 3.41. The molecule has 0 nitrogen and oxygen atoms in total. The molecule has 0 aromatic rings. The van der Waals surface area contributed by atoms with Crippen molar-refractivity contribution in [2.45, 2.75) is 79.1 Å². The highest BCUT2D eigenvalue weighted by Crippen LogP contribution is 2.00. The minimum Gasteiger partial charge on any atom is -0.0654 e. The van der Waals surface area contributed by atoms with E-state index in [2.05, 4.69) is 27.7 Å². The normalized spacial score (nSPS) is 9.00. The number of hydrogen-bond donors (Lipinski definition) is 0. The van der Waals surface area contributed by atoms with E-state index in [-0.39, 0.29) is 0 Å². The third-order valence-corrected chi connectivity index (χ3v) is 1.91. The molecule has 76 valence electrons. The van der Waals surface area contributed by atoms with Gasteiger partial charge < -0.3 is 0 Å². The summed E-state index contributed by atoms with van der Waals surface area (Å²) in [5.74, 6) is 0. The van der Waals surface area contributed by atoms with E-state index in [0.29, 0.717) is 0 Å². The molecule has 0 radical (unpaired) electrons. The van der Waals surface area contributed by atoms with Crippen molar-refractivity contribution in [2.75, 3.05) is 0 Å². The Kier molecular flexibility index (Phi) is 20.8. The molecule has 0 aliphatic heterocycles. The maximum absolute atomic E-state index is 2.25. The minimum absolute atomic E-state index is 1.34. The van der Waals surface area contributed by atoms with E-state index in [4.69, 9.17) is 0 Å². The molecule has 0 saturated heterocycles. The molecule has 0 fully saturated rings. The third kappa shape index (κ3) is 22.5. The summed E-state index contributed by atoms with van der Waals surface area (Å²) in [7, 11) is 0. The fourth-order valence-electron chi connectivity index (χ4n) is 1.03. The Bertz CT molecular complexity index is 42.0. The molecule has 0 spiro atoms. The second-order valence-electron chi connectivity index (χ2n) is 3.41. The first-order chi connectivity index (χ1) is 5.83. The predicted molar refractivity (Wildman–Crippen MR) is 59.6 cm³/mol. The van der Waals surface area contributed by atoms with Crippen LogP contribution in [0, 0.1) is 0 Å². The monoisotopic (exact) mass is 172 g/mol. The summed E-state index contributed by atoms with van der Waals surface area (Å²) in [5, 5.41) is 0. The Balaban J connectivity index is 0. The Morgan fingerprint density at radius 1 is 0.417 bits per heavy atom. The first kappa shape index (κ1) is 14.5. The average molecular weight is 172 g/mol. The largest absolute Gasteiger partial charge is 0.0654 e. The van der Waals surface area contributed by atoms with Crippen LogP contribution < -0.4 is 0 Å². The number of unbranched alkanes of at least 4 members (excludes halogenated alkanes) is 6. The molecular weight excluding hydrogens is 144 g/mol. The van der Waals surface area contributed by atoms with Gasteiger partial charge in [-0.15, -0.1) is 0 Å². The van der Waals surface area contributed by atoms with Gasteiger partial charge >= 0.3 is 0 Å². The predicted octanol–water partition coefficient (Wildman–Crippen LogP) is 5.17. The van der Waals surface area contributed by atoms with Crippen LogP contribution in [0.25, 0.3) is 0 Å². The lowest BCUT2D eigenvalue weighted by Crippen LogP contribution is -1.70. The Morgan fingerprint density at radius 2 is 0.750 bits per heavy atom. The molecule has 0 saturated carbocycles. The summed E-state index contributed by atoms with van der Waals surface area (Å²) in [5.41, 5.74) is 0. The van der Waals surface area contributed by atoms with Crippen molar-refractivity contribution in [3.8, 4) is 0 Å². The molecule has 0 amide bonds. The summed E-state index contributed by atoms with van der Waals surface area (Å²) in [6.45, 7) is 8.91. The first-order valence-corrected chi connectivity index (χ1v) is 5.83. The van der Waals surface area contributed by atoms with Crippen LogP contribution in [0.4, 0.5) is 0 Å². The van der Waals surface area contributed by atoms with Gasteiger partial charge in [0.05, 0.1) is 0 Å². The van der Waals surface area contributed by atoms with Gasteiger partial charge in [0.15, 0.2) is 0 Å². The van der Waals surface area contributed by atoms with E-state index in [0.717, 1.165) is 0 Å². The van der Waals surface area contributed by atoms with Gasteiger partial charge in [-0.2, -0.15) is 0 Å². The van der Waals surface area contributed by atoms with Crippen molar-refractivity contribution in [1.82, 2.24) is 0 Å². The van der Waals surface area contributed by atoms with Crippen LogP contribution in [-0.2, 0) is 0 Å². The molecule has 12 heavy (non-hydrogen) atoms. The zero-order chi connectivity index (χ0) is 9.66. The molecule has 0 heteroatoms. The van der Waals surface area contributed by atoms with E-state index in [1.54, 1.807) is 0 Å². The SMILES string of the molecule is CCCCC.CCCCCCC. The van der Waals surface area contributed by atoms with Gasteiger partial charge in [0.1, 0.15) is 0 Å². The maximum atomic E-state index is 2.25. The van der Waals surface area contributed by atoms with Crippen molar-refractivity contribution in [3.05, 3.63) is 0 Å². The molecule has 0 atom stereocenters. The molecule has 0 heterocycles. The number of hydrogen-bond acceptors (Lipinski definition) is 0. The zero-order valence-corrected chi connectivity index (χ0v) is 9.66. The topological polar surface area (TPSA) is 0 Å². The summed E-state index contributed by atoms with van der Waals surface area (Å²) < 4.78 is 0. The van der Waals surface area contributed by atoms with Crippen LogP contribution in [0.3, 0.4) is 0 Å². The van der Waals surface area contributed by atoms with E-state index in [1.165, 1.54) is 51.4 Å². The second kappa shape index (κ2) is 17.2.